The van der Waals surface area contributed by atoms with Crippen molar-refractivity contribution in [2.45, 2.75) is 6.92 Å². The Morgan fingerprint density at radius 3 is 2.61 bits per heavy atom. The monoisotopic (exact) mass is 377 g/mol. The van der Waals surface area contributed by atoms with Crippen molar-refractivity contribution in [2.75, 3.05) is 19.0 Å². The zero-order chi connectivity index (χ0) is 16.8. The molecule has 0 radical (unpaired) electrons. The molecule has 0 saturated carbocycles. The van der Waals surface area contributed by atoms with Gasteiger partial charge in [0.25, 0.3) is 5.91 Å². The number of amides is 1. The summed E-state index contributed by atoms with van der Waals surface area (Å²) in [5, 5.41) is 2.65. The Labute approximate surface area is 142 Å². The lowest BCUT2D eigenvalue weighted by Gasteiger charge is -2.11. The van der Waals surface area contributed by atoms with Gasteiger partial charge in [-0.3, -0.25) is 4.79 Å². The molecule has 0 spiro atoms. The number of halogens is 1. The summed E-state index contributed by atoms with van der Waals surface area (Å²) in [6.45, 7) is 1.74. The first-order chi connectivity index (χ1) is 11.0. The molecule has 0 fully saturated rings. The SMILES string of the molecule is COC(=O)c1ccccc1NC(=O)COc1ccc(Br)cc1C. The highest BCUT2D eigenvalue weighted by Crippen LogP contribution is 2.22. The molecular weight excluding hydrogens is 362 g/mol. The molecule has 0 saturated heterocycles. The highest BCUT2D eigenvalue weighted by molar-refractivity contribution is 9.10. The van der Waals surface area contributed by atoms with E-state index >= 15 is 0 Å². The molecule has 2 aromatic rings. The summed E-state index contributed by atoms with van der Waals surface area (Å²) in [4.78, 5) is 23.7. The third-order valence-corrected chi connectivity index (χ3v) is 3.60. The van der Waals surface area contributed by atoms with Crippen LogP contribution >= 0.6 is 15.9 Å². The summed E-state index contributed by atoms with van der Waals surface area (Å²) in [5.41, 5.74) is 1.60. The highest BCUT2D eigenvalue weighted by atomic mass is 79.9. The minimum Gasteiger partial charge on any atom is -0.483 e. The van der Waals surface area contributed by atoms with Crippen LogP contribution in [0.25, 0.3) is 0 Å². The fourth-order valence-electron chi connectivity index (χ4n) is 1.98. The Hall–Kier alpha value is -2.34. The van der Waals surface area contributed by atoms with Gasteiger partial charge < -0.3 is 14.8 Å². The van der Waals surface area contributed by atoms with Crippen molar-refractivity contribution < 1.29 is 19.1 Å². The maximum absolute atomic E-state index is 12.0. The molecule has 0 bridgehead atoms. The number of hydrogen-bond donors (Lipinski definition) is 1. The molecule has 5 nitrogen and oxygen atoms in total. The molecule has 120 valence electrons. The smallest absolute Gasteiger partial charge is 0.339 e. The van der Waals surface area contributed by atoms with Gasteiger partial charge in [-0.2, -0.15) is 0 Å². The number of aryl methyl sites for hydroxylation is 1. The lowest BCUT2D eigenvalue weighted by molar-refractivity contribution is -0.118. The zero-order valence-corrected chi connectivity index (χ0v) is 14.3. The predicted molar refractivity (Wildman–Crippen MR) is 90.8 cm³/mol. The molecule has 0 aliphatic carbocycles. The van der Waals surface area contributed by atoms with Crippen molar-refractivity contribution in [3.05, 3.63) is 58.1 Å². The molecule has 1 N–H and O–H groups in total. The third-order valence-electron chi connectivity index (χ3n) is 3.10. The van der Waals surface area contributed by atoms with Crippen molar-refractivity contribution in [3.8, 4) is 5.75 Å². The van der Waals surface area contributed by atoms with E-state index in [1.165, 1.54) is 7.11 Å². The zero-order valence-electron chi connectivity index (χ0n) is 12.8. The van der Waals surface area contributed by atoms with Crippen LogP contribution in [-0.4, -0.2) is 25.6 Å². The van der Waals surface area contributed by atoms with Gasteiger partial charge in [-0.05, 0) is 42.8 Å². The van der Waals surface area contributed by atoms with Crippen molar-refractivity contribution in [1.82, 2.24) is 0 Å². The Morgan fingerprint density at radius 1 is 1.17 bits per heavy atom. The highest BCUT2D eigenvalue weighted by Gasteiger charge is 2.13. The molecule has 0 unspecified atom stereocenters. The number of hydrogen-bond acceptors (Lipinski definition) is 4. The number of carbonyl (C=O) groups is 2. The number of ether oxygens (including phenoxy) is 2. The number of carbonyl (C=O) groups excluding carboxylic acids is 2. The summed E-state index contributed by atoms with van der Waals surface area (Å²) < 4.78 is 11.1. The molecule has 0 heterocycles. The van der Waals surface area contributed by atoms with Gasteiger partial charge in [0, 0.05) is 4.47 Å². The van der Waals surface area contributed by atoms with E-state index in [1.807, 2.05) is 19.1 Å². The van der Waals surface area contributed by atoms with Crippen LogP contribution in [0.15, 0.2) is 46.9 Å². The Morgan fingerprint density at radius 2 is 1.91 bits per heavy atom. The summed E-state index contributed by atoms with van der Waals surface area (Å²) in [6.07, 6.45) is 0. The molecule has 0 aliphatic heterocycles. The second kappa shape index (κ2) is 7.78. The minimum atomic E-state index is -0.509. The van der Waals surface area contributed by atoms with E-state index in [1.54, 1.807) is 30.3 Å². The van der Waals surface area contributed by atoms with E-state index in [0.717, 1.165) is 10.0 Å². The fraction of sp³-hybridized carbons (Fsp3) is 0.176. The number of nitrogens with one attached hydrogen (secondary N) is 1. The van der Waals surface area contributed by atoms with Crippen LogP contribution in [0.4, 0.5) is 5.69 Å². The van der Waals surface area contributed by atoms with E-state index in [4.69, 9.17) is 4.74 Å². The van der Waals surface area contributed by atoms with Gasteiger partial charge in [0.05, 0.1) is 18.4 Å². The van der Waals surface area contributed by atoms with E-state index in [9.17, 15) is 9.59 Å². The van der Waals surface area contributed by atoms with Gasteiger partial charge in [-0.1, -0.05) is 28.1 Å². The third kappa shape index (κ3) is 4.56. The van der Waals surface area contributed by atoms with Crippen LogP contribution in [0.1, 0.15) is 15.9 Å². The molecule has 2 rings (SSSR count). The molecule has 1 amide bonds. The van der Waals surface area contributed by atoms with E-state index in [-0.39, 0.29) is 12.5 Å². The average Bonchev–Trinajstić information content (AvgIpc) is 2.54. The lowest BCUT2D eigenvalue weighted by Crippen LogP contribution is -2.22. The predicted octanol–water partition coefficient (Wildman–Crippen LogP) is 3.56. The van der Waals surface area contributed by atoms with Crippen molar-refractivity contribution in [1.29, 1.82) is 0 Å². The number of anilines is 1. The molecule has 0 atom stereocenters. The lowest BCUT2D eigenvalue weighted by atomic mass is 10.2. The quantitative estimate of drug-likeness (QED) is 0.809. The molecule has 23 heavy (non-hydrogen) atoms. The standard InChI is InChI=1S/C17H16BrNO4/c1-11-9-12(18)7-8-15(11)23-10-16(20)19-14-6-4-3-5-13(14)17(21)22-2/h3-9H,10H2,1-2H3,(H,19,20). The van der Waals surface area contributed by atoms with Crippen LogP contribution in [0, 0.1) is 6.92 Å². The summed E-state index contributed by atoms with van der Waals surface area (Å²) in [7, 11) is 1.29. The van der Waals surface area contributed by atoms with Gasteiger partial charge in [0.2, 0.25) is 0 Å². The van der Waals surface area contributed by atoms with Gasteiger partial charge in [-0.15, -0.1) is 0 Å². The van der Waals surface area contributed by atoms with E-state index < -0.39 is 5.97 Å². The van der Waals surface area contributed by atoms with Crippen LogP contribution in [-0.2, 0) is 9.53 Å². The fourth-order valence-corrected chi connectivity index (χ4v) is 2.46. The number of para-hydroxylation sites is 1. The van der Waals surface area contributed by atoms with Gasteiger partial charge >= 0.3 is 5.97 Å². The van der Waals surface area contributed by atoms with E-state index in [0.29, 0.717) is 17.0 Å². The van der Waals surface area contributed by atoms with Crippen molar-refractivity contribution in [2.24, 2.45) is 0 Å². The molecule has 0 aromatic heterocycles. The summed E-state index contributed by atoms with van der Waals surface area (Å²) >= 11 is 3.37. The number of esters is 1. The first-order valence-electron chi connectivity index (χ1n) is 6.87. The molecule has 0 aliphatic rings. The number of methoxy groups -OCH3 is 1. The van der Waals surface area contributed by atoms with Gasteiger partial charge in [-0.25, -0.2) is 4.79 Å². The molecular formula is C17H16BrNO4. The Bertz CT molecular complexity index is 730. The Balaban J connectivity index is 2.01. The van der Waals surface area contributed by atoms with Crippen LogP contribution in [0.3, 0.4) is 0 Å². The van der Waals surface area contributed by atoms with Crippen LogP contribution in [0.5, 0.6) is 5.75 Å². The molecule has 6 heteroatoms. The maximum atomic E-state index is 12.0. The Kier molecular flexibility index (Phi) is 5.76. The number of benzene rings is 2. The maximum Gasteiger partial charge on any atom is 0.339 e. The van der Waals surface area contributed by atoms with E-state index in [2.05, 4.69) is 26.0 Å². The van der Waals surface area contributed by atoms with Gasteiger partial charge in [0.15, 0.2) is 6.61 Å². The van der Waals surface area contributed by atoms with Crippen molar-refractivity contribution in [3.63, 3.8) is 0 Å². The first kappa shape index (κ1) is 17.0. The van der Waals surface area contributed by atoms with Crippen LogP contribution < -0.4 is 10.1 Å². The number of rotatable bonds is 5. The normalized spacial score (nSPS) is 10.0. The average molecular weight is 378 g/mol. The topological polar surface area (TPSA) is 64.6 Å². The largest absolute Gasteiger partial charge is 0.483 e. The first-order valence-corrected chi connectivity index (χ1v) is 7.66. The minimum absolute atomic E-state index is 0.155. The molecule has 2 aromatic carbocycles. The summed E-state index contributed by atoms with van der Waals surface area (Å²) in [6, 6.07) is 12.2. The van der Waals surface area contributed by atoms with Gasteiger partial charge in [0.1, 0.15) is 5.75 Å². The van der Waals surface area contributed by atoms with Crippen LogP contribution in [0.2, 0.25) is 0 Å². The second-order valence-corrected chi connectivity index (χ2v) is 5.70. The summed E-state index contributed by atoms with van der Waals surface area (Å²) in [5.74, 6) is -0.237. The second-order valence-electron chi connectivity index (χ2n) is 4.78. The van der Waals surface area contributed by atoms with Crippen molar-refractivity contribution >= 4 is 33.5 Å².